The van der Waals surface area contributed by atoms with E-state index in [4.69, 9.17) is 0 Å². The molecule has 0 fully saturated rings. The van der Waals surface area contributed by atoms with Gasteiger partial charge in [-0.05, 0) is 0 Å². The first-order chi connectivity index (χ1) is 0. The average Bonchev–Trinajstić information content (AvgIpc) is 0. The molecule has 0 aromatic heterocycles. The zero-order valence-electron chi connectivity index (χ0n) is 1.94. The van der Waals surface area contributed by atoms with Gasteiger partial charge in [0, 0.05) is 0 Å². The third kappa shape index (κ3) is 23.2. The zero-order valence-corrected chi connectivity index (χ0v) is 6.76. The van der Waals surface area contributed by atoms with Crippen LogP contribution in [0, 0.1) is 49.4 Å². The molecule has 0 unspecified atom stereocenters. The van der Waals surface area contributed by atoms with Crippen LogP contribution >= 0.6 is 0 Å². The van der Waals surface area contributed by atoms with Crippen LogP contribution in [0.5, 0.6) is 0 Å². The Balaban J connectivity index is 0. The molecule has 0 N–H and O–H groups in total. The standard InChI is InChI=1S/Eu.Ir.3O/q2*+3;3*-2. The van der Waals surface area contributed by atoms with Gasteiger partial charge >= 0.3 is 69.5 Å². The van der Waals surface area contributed by atoms with Crippen molar-refractivity contribution in [2.45, 2.75) is 0 Å². The molecule has 5 heteroatoms. The minimum Gasteiger partial charge on any atom is -2.00 e. The normalized spacial score (nSPS) is 0. The second-order valence-electron chi connectivity index (χ2n) is 0. The van der Waals surface area contributed by atoms with Crippen LogP contribution in [-0.2, 0) is 36.5 Å². The van der Waals surface area contributed by atoms with Crippen molar-refractivity contribution in [3.63, 3.8) is 0 Å². The van der Waals surface area contributed by atoms with E-state index in [9.17, 15) is 0 Å². The van der Waals surface area contributed by atoms with Gasteiger partial charge in [0.1, 0.15) is 0 Å². The number of rotatable bonds is 0. The molecule has 0 aliphatic carbocycles. The van der Waals surface area contributed by atoms with E-state index in [0.29, 0.717) is 0 Å². The zero-order chi connectivity index (χ0) is 0. The van der Waals surface area contributed by atoms with E-state index < -0.39 is 0 Å². The van der Waals surface area contributed by atoms with E-state index in [1.54, 1.807) is 0 Å². The molecule has 34 valence electrons. The van der Waals surface area contributed by atoms with Gasteiger partial charge in [-0.1, -0.05) is 0 Å². The van der Waals surface area contributed by atoms with Gasteiger partial charge in [-0.3, -0.25) is 0 Å². The molecule has 0 saturated heterocycles. The maximum absolute atomic E-state index is 0. The monoisotopic (exact) mass is 394 g/mol. The summed E-state index contributed by atoms with van der Waals surface area (Å²) >= 11 is 0. The summed E-state index contributed by atoms with van der Waals surface area (Å²) in [5, 5.41) is 0. The molecule has 0 amide bonds. The van der Waals surface area contributed by atoms with Crippen LogP contribution in [0.15, 0.2) is 0 Å². The third-order valence-electron chi connectivity index (χ3n) is 0. The van der Waals surface area contributed by atoms with Crippen LogP contribution in [0.4, 0.5) is 0 Å². The van der Waals surface area contributed by atoms with Crippen molar-refractivity contribution in [2.24, 2.45) is 0 Å². The van der Waals surface area contributed by atoms with E-state index in [1.165, 1.54) is 0 Å². The molecule has 5 heavy (non-hydrogen) atoms. The molecule has 3 nitrogen and oxygen atoms in total. The van der Waals surface area contributed by atoms with Crippen molar-refractivity contribution in [3.05, 3.63) is 0 Å². The Morgan fingerprint density at radius 1 is 0.600 bits per heavy atom. The van der Waals surface area contributed by atoms with E-state index in [2.05, 4.69) is 0 Å². The van der Waals surface area contributed by atoms with E-state index in [-0.39, 0.29) is 85.9 Å². The van der Waals surface area contributed by atoms with Crippen molar-refractivity contribution in [3.8, 4) is 0 Å². The summed E-state index contributed by atoms with van der Waals surface area (Å²) in [7, 11) is 0. The fourth-order valence-electron chi connectivity index (χ4n) is 0. The number of hydrogen-bond acceptors (Lipinski definition) is 0. The SMILES string of the molecule is [Eu+3].[Ir+3].[O-2].[O-2].[O-2]. The van der Waals surface area contributed by atoms with E-state index in [0.717, 1.165) is 0 Å². The molecule has 0 rings (SSSR count). The molecule has 0 aliphatic rings. The van der Waals surface area contributed by atoms with Gasteiger partial charge in [-0.25, -0.2) is 0 Å². The van der Waals surface area contributed by atoms with Gasteiger partial charge in [0.05, 0.1) is 0 Å². The summed E-state index contributed by atoms with van der Waals surface area (Å²) in [6.07, 6.45) is 0. The Kier molecular flexibility index (Phi) is 426. The van der Waals surface area contributed by atoms with Crippen LogP contribution in [0.2, 0.25) is 0 Å². The van der Waals surface area contributed by atoms with Crippen LogP contribution < -0.4 is 0 Å². The summed E-state index contributed by atoms with van der Waals surface area (Å²) in [5.74, 6) is 0. The van der Waals surface area contributed by atoms with Gasteiger partial charge in [-0.15, -0.1) is 0 Å². The summed E-state index contributed by atoms with van der Waals surface area (Å²) in [6, 6.07) is 0. The molecular weight excluding hydrogens is 392 g/mol. The minimum atomic E-state index is 0. The molecule has 0 aromatic rings. The molecule has 0 saturated carbocycles. The van der Waals surface area contributed by atoms with Crippen LogP contribution in [0.3, 0.4) is 0 Å². The summed E-state index contributed by atoms with van der Waals surface area (Å²) < 4.78 is 0. The molecule has 0 heterocycles. The van der Waals surface area contributed by atoms with Crippen LogP contribution in [0.25, 0.3) is 0 Å². The van der Waals surface area contributed by atoms with Crippen molar-refractivity contribution >= 4 is 0 Å². The van der Waals surface area contributed by atoms with Crippen molar-refractivity contribution in [1.82, 2.24) is 0 Å². The van der Waals surface area contributed by atoms with Gasteiger partial charge in [0.15, 0.2) is 0 Å². The van der Waals surface area contributed by atoms with Crippen molar-refractivity contribution in [1.29, 1.82) is 0 Å². The topological polar surface area (TPSA) is 85.5 Å². The Morgan fingerprint density at radius 3 is 0.600 bits per heavy atom. The predicted octanol–water partition coefficient (Wildman–Crippen LogP) is -0.359. The van der Waals surface area contributed by atoms with Gasteiger partial charge in [0.2, 0.25) is 0 Å². The first-order valence-electron chi connectivity index (χ1n) is 0. The average molecular weight is 392 g/mol. The molecule has 0 spiro atoms. The summed E-state index contributed by atoms with van der Waals surface area (Å²) in [4.78, 5) is 0. The fraction of sp³-hybridized carbons (Fsp3) is 0. The molecular formula is EuIrO3. The van der Waals surface area contributed by atoms with Crippen molar-refractivity contribution in [2.75, 3.05) is 0 Å². The first-order valence-corrected chi connectivity index (χ1v) is 0. The first kappa shape index (κ1) is 59.5. The minimum absolute atomic E-state index is 0. The molecule has 0 aromatic carbocycles. The van der Waals surface area contributed by atoms with Gasteiger partial charge in [-0.2, -0.15) is 0 Å². The third-order valence-corrected chi connectivity index (χ3v) is 0. The van der Waals surface area contributed by atoms with Gasteiger partial charge < -0.3 is 16.4 Å². The second-order valence-corrected chi connectivity index (χ2v) is 0. The smallest absolute Gasteiger partial charge is 2.00 e. The Morgan fingerprint density at radius 2 is 0.600 bits per heavy atom. The Hall–Kier alpha value is 2.11. The van der Waals surface area contributed by atoms with Crippen molar-refractivity contribution < 1.29 is 85.9 Å². The number of hydrogen-bond donors (Lipinski definition) is 0. The fourth-order valence-corrected chi connectivity index (χ4v) is 0. The van der Waals surface area contributed by atoms with Gasteiger partial charge in [0.25, 0.3) is 0 Å². The quantitative estimate of drug-likeness (QED) is 0.540. The summed E-state index contributed by atoms with van der Waals surface area (Å²) in [5.41, 5.74) is 0. The van der Waals surface area contributed by atoms with Crippen LogP contribution in [0.1, 0.15) is 0 Å². The second kappa shape index (κ2) is 35.8. The largest absolute Gasteiger partial charge is 3.00 e. The molecule has 0 aliphatic heterocycles. The predicted molar refractivity (Wildman–Crippen MR) is 2.06 cm³/mol. The molecule has 0 atom stereocenters. The maximum atomic E-state index is 0. The Bertz CT molecular complexity index is 6.85. The Labute approximate surface area is 84.3 Å². The maximum Gasteiger partial charge on any atom is 3.00 e. The summed E-state index contributed by atoms with van der Waals surface area (Å²) in [6.45, 7) is 0. The molecule has 0 bridgehead atoms. The van der Waals surface area contributed by atoms with E-state index in [1.807, 2.05) is 0 Å². The van der Waals surface area contributed by atoms with E-state index >= 15 is 0 Å². The van der Waals surface area contributed by atoms with Crippen LogP contribution in [-0.4, -0.2) is 0 Å². The molecule has 0 radical (unpaired) electrons.